The molecular formula is C48H28N6. The molecule has 1 aliphatic rings. The van der Waals surface area contributed by atoms with E-state index in [0.29, 0.717) is 17.4 Å². The topological polar surface area (TPSA) is 61.4 Å². The van der Waals surface area contributed by atoms with Crippen molar-refractivity contribution in [2.24, 2.45) is 0 Å². The van der Waals surface area contributed by atoms with Gasteiger partial charge in [0, 0.05) is 43.9 Å². The quantitative estimate of drug-likeness (QED) is 0.185. The van der Waals surface area contributed by atoms with Crippen LogP contribution in [0.5, 0.6) is 0 Å². The molecule has 0 bridgehead atoms. The van der Waals surface area contributed by atoms with Crippen molar-refractivity contribution >= 4 is 54.6 Å². The van der Waals surface area contributed by atoms with E-state index in [1.165, 1.54) is 27.4 Å². The molecule has 11 aromatic rings. The Morgan fingerprint density at radius 2 is 0.870 bits per heavy atom. The molecule has 4 aromatic heterocycles. The van der Waals surface area contributed by atoms with Crippen LogP contribution < -0.4 is 0 Å². The summed E-state index contributed by atoms with van der Waals surface area (Å²) in [5.74, 6) is 1.22. The van der Waals surface area contributed by atoms with E-state index in [4.69, 9.17) is 19.9 Å². The largest absolute Gasteiger partial charge is 0.309 e. The van der Waals surface area contributed by atoms with Crippen LogP contribution in [-0.2, 0) is 0 Å². The molecule has 0 amide bonds. The highest BCUT2D eigenvalue weighted by molar-refractivity contribution is 6.13. The maximum Gasteiger partial charge on any atom is 0.237 e. The first-order chi connectivity index (χ1) is 26.8. The van der Waals surface area contributed by atoms with E-state index in [2.05, 4.69) is 173 Å². The van der Waals surface area contributed by atoms with Crippen LogP contribution in [0.1, 0.15) is 0 Å². The van der Waals surface area contributed by atoms with E-state index >= 15 is 0 Å². The summed E-state index contributed by atoms with van der Waals surface area (Å²) in [7, 11) is 0. The fraction of sp³-hybridized carbons (Fsp3) is 0. The fourth-order valence-corrected chi connectivity index (χ4v) is 8.50. The second-order valence-corrected chi connectivity index (χ2v) is 13.9. The average molecular weight is 689 g/mol. The van der Waals surface area contributed by atoms with Crippen molar-refractivity contribution in [1.29, 1.82) is 0 Å². The van der Waals surface area contributed by atoms with Crippen LogP contribution in [0.2, 0.25) is 0 Å². The molecule has 6 heteroatoms. The zero-order valence-corrected chi connectivity index (χ0v) is 28.8. The van der Waals surface area contributed by atoms with Gasteiger partial charge in [-0.05, 0) is 47.5 Å². The van der Waals surface area contributed by atoms with E-state index in [9.17, 15) is 0 Å². The third kappa shape index (κ3) is 4.10. The van der Waals surface area contributed by atoms with Gasteiger partial charge in [0.25, 0.3) is 0 Å². The Morgan fingerprint density at radius 3 is 1.56 bits per heavy atom. The number of hydrogen-bond acceptors (Lipinski definition) is 4. The summed E-state index contributed by atoms with van der Waals surface area (Å²) in [4.78, 5) is 20.9. The smallest absolute Gasteiger partial charge is 0.237 e. The summed E-state index contributed by atoms with van der Waals surface area (Å²) in [5, 5.41) is 5.64. The molecule has 6 nitrogen and oxygen atoms in total. The predicted molar refractivity (Wildman–Crippen MR) is 219 cm³/mol. The molecule has 0 radical (unpaired) electrons. The predicted octanol–water partition coefficient (Wildman–Crippen LogP) is 11.6. The van der Waals surface area contributed by atoms with Gasteiger partial charge in [-0.1, -0.05) is 133 Å². The lowest BCUT2D eigenvalue weighted by molar-refractivity contribution is 1.00. The lowest BCUT2D eigenvalue weighted by atomic mass is 10.0. The molecule has 0 spiro atoms. The van der Waals surface area contributed by atoms with Crippen molar-refractivity contribution in [1.82, 2.24) is 29.1 Å². The van der Waals surface area contributed by atoms with Crippen molar-refractivity contribution in [3.63, 3.8) is 0 Å². The zero-order chi connectivity index (χ0) is 35.3. The van der Waals surface area contributed by atoms with Gasteiger partial charge in [0.05, 0.1) is 38.8 Å². The second-order valence-electron chi connectivity index (χ2n) is 13.9. The van der Waals surface area contributed by atoms with Crippen molar-refractivity contribution in [2.45, 2.75) is 0 Å². The van der Waals surface area contributed by atoms with Crippen LogP contribution in [0.25, 0.3) is 111 Å². The van der Waals surface area contributed by atoms with E-state index in [1.54, 1.807) is 0 Å². The van der Waals surface area contributed by atoms with E-state index in [-0.39, 0.29) is 0 Å². The first-order valence-corrected chi connectivity index (χ1v) is 18.2. The van der Waals surface area contributed by atoms with Gasteiger partial charge in [-0.25, -0.2) is 15.0 Å². The van der Waals surface area contributed by atoms with Crippen molar-refractivity contribution < 1.29 is 0 Å². The third-order valence-corrected chi connectivity index (χ3v) is 10.9. The SMILES string of the molecule is c1ccc(-c2ccc(-c3nc4c5c(nc(-n6c7ccccc7c7cc(-n8c9ccccc9c9ccccc98)ccc76)nc5n3)-c3ccccc3-4)cc2)cc1. The molecule has 0 unspecified atom stereocenters. The molecule has 0 saturated carbocycles. The number of para-hydroxylation sites is 3. The van der Waals surface area contributed by atoms with Crippen LogP contribution in [0.4, 0.5) is 0 Å². The molecule has 0 N–H and O–H groups in total. The van der Waals surface area contributed by atoms with Crippen LogP contribution in [-0.4, -0.2) is 29.1 Å². The van der Waals surface area contributed by atoms with Crippen molar-refractivity contribution in [3.8, 4) is 56.7 Å². The molecule has 12 rings (SSSR count). The molecule has 54 heavy (non-hydrogen) atoms. The van der Waals surface area contributed by atoms with Crippen molar-refractivity contribution in [2.75, 3.05) is 0 Å². The summed E-state index contributed by atoms with van der Waals surface area (Å²) in [5.41, 5.74) is 13.3. The molecule has 0 fully saturated rings. The fourth-order valence-electron chi connectivity index (χ4n) is 8.50. The number of nitrogens with zero attached hydrogens (tertiary/aromatic N) is 6. The lowest BCUT2D eigenvalue weighted by Crippen LogP contribution is -2.04. The highest BCUT2D eigenvalue weighted by Crippen LogP contribution is 2.46. The number of fused-ring (bicyclic) bond motifs is 9. The summed E-state index contributed by atoms with van der Waals surface area (Å²) in [6, 6.07) is 59.8. The van der Waals surface area contributed by atoms with E-state index < -0.39 is 0 Å². The summed E-state index contributed by atoms with van der Waals surface area (Å²) < 4.78 is 4.56. The first-order valence-electron chi connectivity index (χ1n) is 18.2. The van der Waals surface area contributed by atoms with E-state index in [1.807, 2.05) is 6.07 Å². The highest BCUT2D eigenvalue weighted by atomic mass is 15.2. The number of rotatable bonds is 4. The van der Waals surface area contributed by atoms with E-state index in [0.717, 1.165) is 66.5 Å². The van der Waals surface area contributed by atoms with Gasteiger partial charge in [0.15, 0.2) is 11.5 Å². The number of hydrogen-bond donors (Lipinski definition) is 0. The molecule has 250 valence electrons. The Kier molecular flexibility index (Phi) is 5.96. The molecule has 0 saturated heterocycles. The second kappa shape index (κ2) is 11.0. The minimum atomic E-state index is 0.583. The Bertz CT molecular complexity index is 3270. The molecule has 0 atom stereocenters. The zero-order valence-electron chi connectivity index (χ0n) is 28.8. The minimum absolute atomic E-state index is 0.583. The molecule has 1 aliphatic carbocycles. The van der Waals surface area contributed by atoms with Gasteiger partial charge in [0.1, 0.15) is 0 Å². The van der Waals surface area contributed by atoms with Gasteiger partial charge in [0.2, 0.25) is 5.95 Å². The monoisotopic (exact) mass is 688 g/mol. The number of benzene rings is 7. The molecule has 0 aliphatic heterocycles. The normalized spacial score (nSPS) is 12.1. The average Bonchev–Trinajstić information content (AvgIpc) is 3.87. The minimum Gasteiger partial charge on any atom is -0.309 e. The summed E-state index contributed by atoms with van der Waals surface area (Å²) >= 11 is 0. The summed E-state index contributed by atoms with van der Waals surface area (Å²) in [6.45, 7) is 0. The Balaban J connectivity index is 1.08. The maximum absolute atomic E-state index is 5.32. The Morgan fingerprint density at radius 1 is 0.352 bits per heavy atom. The van der Waals surface area contributed by atoms with Gasteiger partial charge < -0.3 is 4.57 Å². The standard InChI is InChI=1S/C48H28N6/c1-2-12-29(13-3-1)30-22-24-31(25-23-30)46-49-44-36-17-4-5-18-37(36)45-43(44)47(51-46)52-48(50-45)54-41-21-11-8-16-35(41)38-28-32(26-27-42(38)54)53-39-19-9-6-14-33(39)34-15-7-10-20-40(34)53/h1-28H. The molecule has 7 aromatic carbocycles. The van der Waals surface area contributed by atoms with Gasteiger partial charge in [-0.15, -0.1) is 0 Å². The third-order valence-electron chi connectivity index (χ3n) is 10.9. The number of aromatic nitrogens is 6. The van der Waals surface area contributed by atoms with Crippen LogP contribution in [0, 0.1) is 0 Å². The van der Waals surface area contributed by atoms with Gasteiger partial charge in [-0.2, -0.15) is 4.98 Å². The van der Waals surface area contributed by atoms with Gasteiger partial charge in [-0.3, -0.25) is 4.57 Å². The maximum atomic E-state index is 5.32. The highest BCUT2D eigenvalue weighted by Gasteiger charge is 2.28. The van der Waals surface area contributed by atoms with Crippen LogP contribution in [0.3, 0.4) is 0 Å². The Labute approximate surface area is 309 Å². The van der Waals surface area contributed by atoms with Crippen LogP contribution in [0.15, 0.2) is 170 Å². The molecular weight excluding hydrogens is 661 g/mol. The Hall–Kier alpha value is -7.44. The van der Waals surface area contributed by atoms with Gasteiger partial charge >= 0.3 is 0 Å². The first kappa shape index (κ1) is 29.2. The molecule has 4 heterocycles. The van der Waals surface area contributed by atoms with Crippen molar-refractivity contribution in [3.05, 3.63) is 170 Å². The lowest BCUT2D eigenvalue weighted by Gasteiger charge is -2.11. The van der Waals surface area contributed by atoms with Crippen LogP contribution >= 0.6 is 0 Å². The summed E-state index contributed by atoms with van der Waals surface area (Å²) in [6.07, 6.45) is 0.